The Morgan fingerprint density at radius 2 is 1.75 bits per heavy atom. The summed E-state index contributed by atoms with van der Waals surface area (Å²) in [7, 11) is -1.77. The molecule has 2 N–H and O–H groups in total. The highest BCUT2D eigenvalue weighted by atomic mass is 32.2. The minimum absolute atomic E-state index is 0.311. The molecule has 0 aliphatic carbocycles. The molecule has 1 aromatic carbocycles. The standard InChI is InChI=1S/C14H23N3O2S/c1-16(12-13-8-4-5-9-14(13)15)20(18,19)17-10-6-2-3-7-11-17/h4-5,8-9H,2-3,6-7,10-12,15H2,1H3. The van der Waals surface area contributed by atoms with Gasteiger partial charge in [-0.05, 0) is 24.5 Å². The quantitative estimate of drug-likeness (QED) is 0.862. The first-order valence-electron chi connectivity index (χ1n) is 7.06. The lowest BCUT2D eigenvalue weighted by Crippen LogP contribution is -2.42. The summed E-state index contributed by atoms with van der Waals surface area (Å²) in [6.45, 7) is 1.55. The normalized spacial score (nSPS) is 18.1. The summed E-state index contributed by atoms with van der Waals surface area (Å²) in [6.07, 6.45) is 4.11. The Labute approximate surface area is 121 Å². The third-order valence-electron chi connectivity index (χ3n) is 3.73. The monoisotopic (exact) mass is 297 g/mol. The molecule has 2 rings (SSSR count). The summed E-state index contributed by atoms with van der Waals surface area (Å²) in [5.41, 5.74) is 7.35. The van der Waals surface area contributed by atoms with E-state index in [1.54, 1.807) is 17.4 Å². The van der Waals surface area contributed by atoms with Crippen LogP contribution in [0.2, 0.25) is 0 Å². The number of hydrogen-bond acceptors (Lipinski definition) is 3. The third-order valence-corrected chi connectivity index (χ3v) is 5.67. The Kier molecular flexibility index (Phi) is 5.01. The van der Waals surface area contributed by atoms with Crippen LogP contribution in [-0.2, 0) is 16.8 Å². The van der Waals surface area contributed by atoms with Crippen LogP contribution < -0.4 is 5.73 Å². The minimum atomic E-state index is -3.39. The van der Waals surface area contributed by atoms with Gasteiger partial charge in [-0.2, -0.15) is 17.0 Å². The smallest absolute Gasteiger partial charge is 0.282 e. The van der Waals surface area contributed by atoms with Crippen molar-refractivity contribution >= 4 is 15.9 Å². The van der Waals surface area contributed by atoms with Crippen LogP contribution in [0.25, 0.3) is 0 Å². The molecule has 0 aromatic heterocycles. The lowest BCUT2D eigenvalue weighted by molar-refractivity contribution is 0.363. The molecule has 0 bridgehead atoms. The van der Waals surface area contributed by atoms with Crippen LogP contribution in [0.15, 0.2) is 24.3 Å². The van der Waals surface area contributed by atoms with Crippen LogP contribution in [-0.4, -0.2) is 37.2 Å². The van der Waals surface area contributed by atoms with Crippen LogP contribution in [0.4, 0.5) is 5.69 Å². The van der Waals surface area contributed by atoms with Crippen molar-refractivity contribution in [2.24, 2.45) is 0 Å². The van der Waals surface area contributed by atoms with Crippen molar-refractivity contribution in [1.82, 2.24) is 8.61 Å². The predicted octanol–water partition coefficient (Wildman–Crippen LogP) is 1.82. The van der Waals surface area contributed by atoms with E-state index in [1.165, 1.54) is 4.31 Å². The van der Waals surface area contributed by atoms with Gasteiger partial charge in [0, 0.05) is 32.4 Å². The maximum atomic E-state index is 12.6. The summed E-state index contributed by atoms with van der Waals surface area (Å²) >= 11 is 0. The first-order valence-corrected chi connectivity index (χ1v) is 8.46. The molecule has 1 heterocycles. The Morgan fingerprint density at radius 3 is 2.35 bits per heavy atom. The average Bonchev–Trinajstić information content (AvgIpc) is 2.70. The molecule has 112 valence electrons. The van der Waals surface area contributed by atoms with Crippen LogP contribution >= 0.6 is 0 Å². The second-order valence-electron chi connectivity index (χ2n) is 5.28. The number of para-hydroxylation sites is 1. The second kappa shape index (κ2) is 6.56. The van der Waals surface area contributed by atoms with E-state index in [9.17, 15) is 8.42 Å². The van der Waals surface area contributed by atoms with E-state index in [0.29, 0.717) is 25.3 Å². The van der Waals surface area contributed by atoms with E-state index in [1.807, 2.05) is 18.2 Å². The van der Waals surface area contributed by atoms with Crippen molar-refractivity contribution in [3.63, 3.8) is 0 Å². The van der Waals surface area contributed by atoms with Gasteiger partial charge in [0.25, 0.3) is 10.2 Å². The van der Waals surface area contributed by atoms with Crippen LogP contribution in [0.5, 0.6) is 0 Å². The molecule has 6 heteroatoms. The van der Waals surface area contributed by atoms with Gasteiger partial charge in [0.15, 0.2) is 0 Å². The van der Waals surface area contributed by atoms with Crippen molar-refractivity contribution in [2.45, 2.75) is 32.2 Å². The van der Waals surface area contributed by atoms with Crippen molar-refractivity contribution < 1.29 is 8.42 Å². The molecule has 1 aliphatic rings. The lowest BCUT2D eigenvalue weighted by atomic mass is 10.2. The molecule has 1 fully saturated rings. The van der Waals surface area contributed by atoms with Crippen LogP contribution in [0.3, 0.4) is 0 Å². The Bertz CT molecular complexity index is 537. The Balaban J connectivity index is 2.10. The molecule has 0 unspecified atom stereocenters. The first kappa shape index (κ1) is 15.3. The van der Waals surface area contributed by atoms with E-state index in [4.69, 9.17) is 5.73 Å². The largest absolute Gasteiger partial charge is 0.398 e. The second-order valence-corrected chi connectivity index (χ2v) is 7.31. The number of nitrogens with two attached hydrogens (primary N) is 1. The number of anilines is 1. The highest BCUT2D eigenvalue weighted by Crippen LogP contribution is 2.19. The molecular formula is C14H23N3O2S. The molecular weight excluding hydrogens is 274 g/mol. The van der Waals surface area contributed by atoms with Crippen LogP contribution in [0.1, 0.15) is 31.2 Å². The fourth-order valence-corrected chi connectivity index (χ4v) is 3.89. The maximum Gasteiger partial charge on any atom is 0.282 e. The summed E-state index contributed by atoms with van der Waals surface area (Å²) in [5.74, 6) is 0. The summed E-state index contributed by atoms with van der Waals surface area (Å²) in [6, 6.07) is 7.38. The SMILES string of the molecule is CN(Cc1ccccc1N)S(=O)(=O)N1CCCCCC1. The van der Waals surface area contributed by atoms with E-state index in [-0.39, 0.29) is 0 Å². The Morgan fingerprint density at radius 1 is 1.15 bits per heavy atom. The van der Waals surface area contributed by atoms with Gasteiger partial charge in [-0.1, -0.05) is 31.0 Å². The third kappa shape index (κ3) is 3.50. The summed E-state index contributed by atoms with van der Waals surface area (Å²) in [5, 5.41) is 0. The summed E-state index contributed by atoms with van der Waals surface area (Å²) < 4.78 is 28.1. The number of rotatable bonds is 4. The Hall–Kier alpha value is -1.11. The maximum absolute atomic E-state index is 12.6. The zero-order chi connectivity index (χ0) is 14.6. The van der Waals surface area contributed by atoms with Gasteiger partial charge >= 0.3 is 0 Å². The fourth-order valence-electron chi connectivity index (χ4n) is 2.47. The predicted molar refractivity (Wildman–Crippen MR) is 81.3 cm³/mol. The average molecular weight is 297 g/mol. The molecule has 0 amide bonds. The van der Waals surface area contributed by atoms with Gasteiger partial charge in [0.05, 0.1) is 0 Å². The highest BCUT2D eigenvalue weighted by Gasteiger charge is 2.27. The molecule has 1 aromatic rings. The molecule has 0 spiro atoms. The fraction of sp³-hybridized carbons (Fsp3) is 0.571. The molecule has 0 saturated carbocycles. The first-order chi connectivity index (χ1) is 9.51. The number of nitrogens with zero attached hydrogens (tertiary/aromatic N) is 2. The number of benzene rings is 1. The number of hydrogen-bond donors (Lipinski definition) is 1. The van der Waals surface area contributed by atoms with Crippen molar-refractivity contribution in [3.8, 4) is 0 Å². The topological polar surface area (TPSA) is 66.6 Å². The van der Waals surface area contributed by atoms with Gasteiger partial charge in [-0.15, -0.1) is 0 Å². The van der Waals surface area contributed by atoms with E-state index in [2.05, 4.69) is 0 Å². The van der Waals surface area contributed by atoms with Crippen molar-refractivity contribution in [1.29, 1.82) is 0 Å². The van der Waals surface area contributed by atoms with Crippen LogP contribution in [0, 0.1) is 0 Å². The van der Waals surface area contributed by atoms with Gasteiger partial charge in [0.2, 0.25) is 0 Å². The van der Waals surface area contributed by atoms with Crippen molar-refractivity contribution in [2.75, 3.05) is 25.9 Å². The van der Waals surface area contributed by atoms with E-state index >= 15 is 0 Å². The number of nitrogen functional groups attached to an aromatic ring is 1. The molecule has 0 radical (unpaired) electrons. The van der Waals surface area contributed by atoms with Gasteiger partial charge in [0.1, 0.15) is 0 Å². The van der Waals surface area contributed by atoms with E-state index < -0.39 is 10.2 Å². The minimum Gasteiger partial charge on any atom is -0.398 e. The van der Waals surface area contributed by atoms with Gasteiger partial charge in [-0.3, -0.25) is 0 Å². The highest BCUT2D eigenvalue weighted by molar-refractivity contribution is 7.86. The van der Waals surface area contributed by atoms with Crippen molar-refractivity contribution in [3.05, 3.63) is 29.8 Å². The molecule has 0 atom stereocenters. The molecule has 20 heavy (non-hydrogen) atoms. The molecule has 1 aliphatic heterocycles. The molecule has 1 saturated heterocycles. The zero-order valence-electron chi connectivity index (χ0n) is 12.0. The molecule has 5 nitrogen and oxygen atoms in total. The zero-order valence-corrected chi connectivity index (χ0v) is 12.8. The van der Waals surface area contributed by atoms with E-state index in [0.717, 1.165) is 31.2 Å². The summed E-state index contributed by atoms with van der Waals surface area (Å²) in [4.78, 5) is 0. The lowest BCUT2D eigenvalue weighted by Gasteiger charge is -2.26. The van der Waals surface area contributed by atoms with Gasteiger partial charge < -0.3 is 5.73 Å². The van der Waals surface area contributed by atoms with Gasteiger partial charge in [-0.25, -0.2) is 0 Å².